The molecule has 112 valence electrons. The van der Waals surface area contributed by atoms with E-state index in [1.165, 1.54) is 0 Å². The summed E-state index contributed by atoms with van der Waals surface area (Å²) in [7, 11) is 0. The molecule has 0 saturated carbocycles. The van der Waals surface area contributed by atoms with Gasteiger partial charge in [-0.15, -0.1) is 0 Å². The molecular weight excluding hydrogens is 320 g/mol. The summed E-state index contributed by atoms with van der Waals surface area (Å²) in [5, 5.41) is 2.95. The number of halogens is 3. The standard InChI is InChI=1S/C12H12Cl2FN5O/c1-5(2)21-12-19-10(16)18-11(20-12)17-9-7(13)3-6(15)4-8(9)14/h3-5H,1-2H3,(H3,16,17,18,19,20). The zero-order valence-corrected chi connectivity index (χ0v) is 12.7. The maximum atomic E-state index is 13.1. The van der Waals surface area contributed by atoms with Crippen LogP contribution in [0.5, 0.6) is 6.01 Å². The fraction of sp³-hybridized carbons (Fsp3) is 0.250. The molecule has 21 heavy (non-hydrogen) atoms. The molecule has 2 aromatic rings. The van der Waals surface area contributed by atoms with E-state index in [9.17, 15) is 4.39 Å². The monoisotopic (exact) mass is 331 g/mol. The maximum absolute atomic E-state index is 13.1. The molecule has 0 radical (unpaired) electrons. The number of nitrogens with one attached hydrogen (secondary N) is 1. The third kappa shape index (κ3) is 4.05. The highest BCUT2D eigenvalue weighted by Gasteiger charge is 2.12. The van der Waals surface area contributed by atoms with Crippen molar-refractivity contribution >= 4 is 40.8 Å². The van der Waals surface area contributed by atoms with Gasteiger partial charge in [0.1, 0.15) is 5.82 Å². The molecule has 1 aromatic heterocycles. The quantitative estimate of drug-likeness (QED) is 0.892. The zero-order valence-electron chi connectivity index (χ0n) is 11.2. The number of rotatable bonds is 4. The summed E-state index contributed by atoms with van der Waals surface area (Å²) in [6, 6.07) is 2.30. The van der Waals surface area contributed by atoms with Crippen molar-refractivity contribution in [2.45, 2.75) is 20.0 Å². The summed E-state index contributed by atoms with van der Waals surface area (Å²) in [6.07, 6.45) is -0.127. The Morgan fingerprint density at radius 1 is 1.19 bits per heavy atom. The van der Waals surface area contributed by atoms with Crippen LogP contribution >= 0.6 is 23.2 Å². The Labute approximate surface area is 130 Å². The molecule has 0 aliphatic heterocycles. The maximum Gasteiger partial charge on any atom is 0.323 e. The summed E-state index contributed by atoms with van der Waals surface area (Å²) in [4.78, 5) is 11.8. The van der Waals surface area contributed by atoms with Gasteiger partial charge in [0.05, 0.1) is 21.8 Å². The first-order chi connectivity index (χ1) is 9.85. The van der Waals surface area contributed by atoms with Gasteiger partial charge in [0.2, 0.25) is 11.9 Å². The second kappa shape index (κ2) is 6.28. The molecule has 1 heterocycles. The van der Waals surface area contributed by atoms with E-state index in [0.717, 1.165) is 12.1 Å². The number of hydrogen-bond acceptors (Lipinski definition) is 6. The molecule has 9 heteroatoms. The fourth-order valence-corrected chi connectivity index (χ4v) is 2.02. The van der Waals surface area contributed by atoms with Crippen LogP contribution in [0.25, 0.3) is 0 Å². The second-order valence-electron chi connectivity index (χ2n) is 4.34. The number of aromatic nitrogens is 3. The fourth-order valence-electron chi connectivity index (χ4n) is 1.46. The summed E-state index contributed by atoms with van der Waals surface area (Å²) < 4.78 is 18.5. The Bertz CT molecular complexity index is 645. The topological polar surface area (TPSA) is 86.0 Å². The van der Waals surface area contributed by atoms with Gasteiger partial charge < -0.3 is 15.8 Å². The number of nitrogen functional groups attached to an aromatic ring is 1. The molecule has 1 aromatic carbocycles. The van der Waals surface area contributed by atoms with Gasteiger partial charge in [-0.25, -0.2) is 4.39 Å². The lowest BCUT2D eigenvalue weighted by molar-refractivity contribution is 0.222. The van der Waals surface area contributed by atoms with Crippen molar-refractivity contribution in [3.63, 3.8) is 0 Å². The number of nitrogens with zero attached hydrogens (tertiary/aromatic N) is 3. The minimum atomic E-state index is -0.547. The van der Waals surface area contributed by atoms with E-state index in [1.54, 1.807) is 0 Å². The van der Waals surface area contributed by atoms with E-state index >= 15 is 0 Å². The Balaban J connectivity index is 2.33. The molecule has 0 aliphatic rings. The van der Waals surface area contributed by atoms with Gasteiger partial charge in [-0.05, 0) is 26.0 Å². The summed E-state index contributed by atoms with van der Waals surface area (Å²) in [5.41, 5.74) is 5.85. The molecular formula is C12H12Cl2FN5O. The van der Waals surface area contributed by atoms with E-state index in [4.69, 9.17) is 33.7 Å². The minimum Gasteiger partial charge on any atom is -0.461 e. The first kappa shape index (κ1) is 15.5. The predicted octanol–water partition coefficient (Wildman–Crippen LogP) is 3.43. The number of ether oxygens (including phenoxy) is 1. The molecule has 0 amide bonds. The van der Waals surface area contributed by atoms with Crippen molar-refractivity contribution in [2.24, 2.45) is 0 Å². The van der Waals surface area contributed by atoms with Gasteiger partial charge in [-0.3, -0.25) is 0 Å². The normalized spacial score (nSPS) is 10.8. The van der Waals surface area contributed by atoms with Crippen LogP contribution in [0, 0.1) is 5.82 Å². The Kier molecular flexibility index (Phi) is 4.64. The van der Waals surface area contributed by atoms with Crippen molar-refractivity contribution in [3.8, 4) is 6.01 Å². The molecule has 0 saturated heterocycles. The van der Waals surface area contributed by atoms with Gasteiger partial charge in [-0.1, -0.05) is 23.2 Å². The molecule has 0 bridgehead atoms. The van der Waals surface area contributed by atoms with Crippen LogP contribution in [0.2, 0.25) is 10.0 Å². The number of anilines is 3. The lowest BCUT2D eigenvalue weighted by Gasteiger charge is -2.12. The van der Waals surface area contributed by atoms with Crippen LogP contribution in [0.3, 0.4) is 0 Å². The number of nitrogens with two attached hydrogens (primary N) is 1. The van der Waals surface area contributed by atoms with Gasteiger partial charge in [0.25, 0.3) is 0 Å². The van der Waals surface area contributed by atoms with Crippen LogP contribution in [0.4, 0.5) is 22.0 Å². The van der Waals surface area contributed by atoms with E-state index in [-0.39, 0.29) is 39.7 Å². The highest BCUT2D eigenvalue weighted by Crippen LogP contribution is 2.33. The largest absolute Gasteiger partial charge is 0.461 e. The van der Waals surface area contributed by atoms with E-state index in [0.29, 0.717) is 0 Å². The van der Waals surface area contributed by atoms with Gasteiger partial charge in [0, 0.05) is 0 Å². The zero-order chi connectivity index (χ0) is 15.6. The van der Waals surface area contributed by atoms with Crippen LogP contribution in [-0.2, 0) is 0 Å². The number of hydrogen-bond donors (Lipinski definition) is 2. The van der Waals surface area contributed by atoms with Crippen molar-refractivity contribution < 1.29 is 9.13 Å². The van der Waals surface area contributed by atoms with Crippen molar-refractivity contribution in [3.05, 3.63) is 28.0 Å². The first-order valence-electron chi connectivity index (χ1n) is 5.95. The van der Waals surface area contributed by atoms with Crippen LogP contribution in [0.1, 0.15) is 13.8 Å². The molecule has 0 spiro atoms. The van der Waals surface area contributed by atoms with Crippen molar-refractivity contribution in [2.75, 3.05) is 11.1 Å². The lowest BCUT2D eigenvalue weighted by atomic mass is 10.3. The number of benzene rings is 1. The van der Waals surface area contributed by atoms with Crippen molar-refractivity contribution in [1.82, 2.24) is 15.0 Å². The molecule has 0 fully saturated rings. The highest BCUT2D eigenvalue weighted by atomic mass is 35.5. The minimum absolute atomic E-state index is 0.0301. The van der Waals surface area contributed by atoms with Gasteiger partial charge in [-0.2, -0.15) is 15.0 Å². The summed E-state index contributed by atoms with van der Waals surface area (Å²) >= 11 is 11.9. The molecule has 6 nitrogen and oxygen atoms in total. The SMILES string of the molecule is CC(C)Oc1nc(N)nc(Nc2c(Cl)cc(F)cc2Cl)n1. The third-order valence-electron chi connectivity index (χ3n) is 2.22. The van der Waals surface area contributed by atoms with Gasteiger partial charge in [0.15, 0.2) is 0 Å². The van der Waals surface area contributed by atoms with Crippen LogP contribution in [0.15, 0.2) is 12.1 Å². The summed E-state index contributed by atoms with van der Waals surface area (Å²) in [5.74, 6) is -0.486. The molecule has 0 unspecified atom stereocenters. The Hall–Kier alpha value is -1.86. The Morgan fingerprint density at radius 2 is 1.81 bits per heavy atom. The lowest BCUT2D eigenvalue weighted by Crippen LogP contribution is -2.12. The smallest absolute Gasteiger partial charge is 0.323 e. The second-order valence-corrected chi connectivity index (χ2v) is 5.15. The average Bonchev–Trinajstić information content (AvgIpc) is 2.32. The Morgan fingerprint density at radius 3 is 2.38 bits per heavy atom. The predicted molar refractivity (Wildman–Crippen MR) is 79.7 cm³/mol. The van der Waals surface area contributed by atoms with Crippen molar-refractivity contribution in [1.29, 1.82) is 0 Å². The van der Waals surface area contributed by atoms with E-state index < -0.39 is 5.82 Å². The average molecular weight is 332 g/mol. The van der Waals surface area contributed by atoms with E-state index in [2.05, 4.69) is 20.3 Å². The molecule has 0 atom stereocenters. The first-order valence-corrected chi connectivity index (χ1v) is 6.70. The molecule has 0 aliphatic carbocycles. The van der Waals surface area contributed by atoms with Crippen LogP contribution in [-0.4, -0.2) is 21.1 Å². The van der Waals surface area contributed by atoms with E-state index in [1.807, 2.05) is 13.8 Å². The van der Waals surface area contributed by atoms with Crippen LogP contribution < -0.4 is 15.8 Å². The van der Waals surface area contributed by atoms with Gasteiger partial charge >= 0.3 is 6.01 Å². The highest BCUT2D eigenvalue weighted by molar-refractivity contribution is 6.39. The third-order valence-corrected chi connectivity index (χ3v) is 2.81. The molecule has 2 rings (SSSR count). The summed E-state index contributed by atoms with van der Waals surface area (Å²) in [6.45, 7) is 3.64. The molecule has 3 N–H and O–H groups in total.